The highest BCUT2D eigenvalue weighted by Crippen LogP contribution is 2.20. The maximum absolute atomic E-state index is 12.1. The molecule has 0 atom stereocenters. The number of halogens is 1. The Balaban J connectivity index is 1.71. The van der Waals surface area contributed by atoms with Crippen LogP contribution in [0.1, 0.15) is 10.4 Å². The Bertz CT molecular complexity index is 779. The number of rotatable bonds is 4. The van der Waals surface area contributed by atoms with E-state index < -0.39 is 0 Å². The zero-order chi connectivity index (χ0) is 14.7. The lowest BCUT2D eigenvalue weighted by Gasteiger charge is -2.07. The molecular weight excluding hydrogens is 375 g/mol. The first-order valence-electron chi connectivity index (χ1n) is 6.63. The van der Waals surface area contributed by atoms with Gasteiger partial charge in [0.25, 0.3) is 0 Å². The highest BCUT2D eigenvalue weighted by atomic mass is 127. The molecular formula is C18H13IO2. The van der Waals surface area contributed by atoms with Gasteiger partial charge in [-0.1, -0.05) is 42.5 Å². The molecule has 0 aliphatic carbocycles. The fourth-order valence-electron chi connectivity index (χ4n) is 2.13. The minimum atomic E-state index is -0.0143. The minimum absolute atomic E-state index is 0.0143. The number of benzene rings is 3. The SMILES string of the molecule is O=C(COc1ccc2ccccc2c1)c1ccc(I)cc1. The Labute approximate surface area is 136 Å². The van der Waals surface area contributed by atoms with Crippen LogP contribution in [-0.2, 0) is 0 Å². The van der Waals surface area contributed by atoms with Gasteiger partial charge >= 0.3 is 0 Å². The number of carbonyl (C=O) groups is 1. The molecule has 0 spiro atoms. The van der Waals surface area contributed by atoms with Crippen molar-refractivity contribution in [3.8, 4) is 5.75 Å². The van der Waals surface area contributed by atoms with Gasteiger partial charge in [0.15, 0.2) is 12.4 Å². The van der Waals surface area contributed by atoms with Gasteiger partial charge in [-0.3, -0.25) is 4.79 Å². The van der Waals surface area contributed by atoms with Gasteiger partial charge in [-0.25, -0.2) is 0 Å². The Morgan fingerprint density at radius 1 is 0.905 bits per heavy atom. The van der Waals surface area contributed by atoms with Crippen molar-refractivity contribution in [3.05, 3.63) is 75.9 Å². The van der Waals surface area contributed by atoms with Crippen LogP contribution in [-0.4, -0.2) is 12.4 Å². The smallest absolute Gasteiger partial charge is 0.200 e. The van der Waals surface area contributed by atoms with Gasteiger partial charge in [-0.05, 0) is 57.6 Å². The summed E-state index contributed by atoms with van der Waals surface area (Å²) in [6, 6.07) is 21.4. The van der Waals surface area contributed by atoms with Gasteiger partial charge in [0.05, 0.1) is 0 Å². The molecule has 0 aliphatic heterocycles. The third-order valence-corrected chi connectivity index (χ3v) is 3.98. The van der Waals surface area contributed by atoms with Gasteiger partial charge in [0.2, 0.25) is 0 Å². The average molecular weight is 388 g/mol. The van der Waals surface area contributed by atoms with E-state index in [9.17, 15) is 4.79 Å². The van der Waals surface area contributed by atoms with Crippen LogP contribution < -0.4 is 4.74 Å². The van der Waals surface area contributed by atoms with Crippen molar-refractivity contribution in [2.75, 3.05) is 6.61 Å². The van der Waals surface area contributed by atoms with Crippen molar-refractivity contribution in [3.63, 3.8) is 0 Å². The van der Waals surface area contributed by atoms with Crippen LogP contribution in [0.2, 0.25) is 0 Å². The van der Waals surface area contributed by atoms with Crippen LogP contribution in [0.15, 0.2) is 66.7 Å². The van der Waals surface area contributed by atoms with Crippen molar-refractivity contribution in [2.45, 2.75) is 0 Å². The first-order valence-corrected chi connectivity index (χ1v) is 7.70. The molecule has 0 fully saturated rings. The van der Waals surface area contributed by atoms with Gasteiger partial charge in [-0.15, -0.1) is 0 Å². The van der Waals surface area contributed by atoms with Crippen molar-refractivity contribution < 1.29 is 9.53 Å². The molecule has 3 heteroatoms. The molecule has 0 radical (unpaired) electrons. The number of fused-ring (bicyclic) bond motifs is 1. The maximum Gasteiger partial charge on any atom is 0.200 e. The van der Waals surface area contributed by atoms with E-state index in [4.69, 9.17) is 4.74 Å². The predicted octanol–water partition coefficient (Wildman–Crippen LogP) is 4.71. The maximum atomic E-state index is 12.1. The summed E-state index contributed by atoms with van der Waals surface area (Å²) in [6.45, 7) is 0.0545. The Morgan fingerprint density at radius 3 is 2.38 bits per heavy atom. The van der Waals surface area contributed by atoms with Crippen molar-refractivity contribution in [1.29, 1.82) is 0 Å². The largest absolute Gasteiger partial charge is 0.485 e. The fourth-order valence-corrected chi connectivity index (χ4v) is 2.48. The summed E-state index contributed by atoms with van der Waals surface area (Å²) < 4.78 is 6.72. The quantitative estimate of drug-likeness (QED) is 0.478. The van der Waals surface area contributed by atoms with Crippen molar-refractivity contribution in [2.24, 2.45) is 0 Å². The normalized spacial score (nSPS) is 10.5. The summed E-state index contributed by atoms with van der Waals surface area (Å²) in [5.41, 5.74) is 0.677. The monoisotopic (exact) mass is 388 g/mol. The van der Waals surface area contributed by atoms with Crippen LogP contribution in [0.25, 0.3) is 10.8 Å². The fraction of sp³-hybridized carbons (Fsp3) is 0.0556. The van der Waals surface area contributed by atoms with E-state index in [1.807, 2.05) is 60.7 Å². The third kappa shape index (κ3) is 3.42. The summed E-state index contributed by atoms with van der Waals surface area (Å²) >= 11 is 2.22. The molecule has 21 heavy (non-hydrogen) atoms. The van der Waals surface area contributed by atoms with Crippen LogP contribution in [0.4, 0.5) is 0 Å². The average Bonchev–Trinajstić information content (AvgIpc) is 2.53. The summed E-state index contributed by atoms with van der Waals surface area (Å²) in [5.74, 6) is 0.701. The molecule has 0 N–H and O–H groups in total. The second kappa shape index (κ2) is 6.26. The molecule has 0 aromatic heterocycles. The summed E-state index contributed by atoms with van der Waals surface area (Å²) in [4.78, 5) is 12.1. The molecule has 3 aromatic carbocycles. The molecule has 0 amide bonds. The van der Waals surface area contributed by atoms with E-state index in [0.717, 1.165) is 14.3 Å². The third-order valence-electron chi connectivity index (χ3n) is 3.26. The lowest BCUT2D eigenvalue weighted by Crippen LogP contribution is -2.11. The van der Waals surface area contributed by atoms with Gasteiger partial charge < -0.3 is 4.74 Å². The molecule has 0 bridgehead atoms. The number of carbonyl (C=O) groups excluding carboxylic acids is 1. The number of hydrogen-bond acceptors (Lipinski definition) is 2. The van der Waals surface area contributed by atoms with Crippen LogP contribution in [0, 0.1) is 3.57 Å². The molecule has 3 aromatic rings. The molecule has 0 saturated heterocycles. The van der Waals surface area contributed by atoms with E-state index in [-0.39, 0.29) is 12.4 Å². The second-order valence-corrected chi connectivity index (χ2v) is 5.97. The number of Topliss-reactive ketones (excluding diaryl/α,β-unsaturated/α-hetero) is 1. The Hall–Kier alpha value is -1.88. The van der Waals surface area contributed by atoms with E-state index in [0.29, 0.717) is 11.3 Å². The van der Waals surface area contributed by atoms with Crippen LogP contribution in [0.3, 0.4) is 0 Å². The van der Waals surface area contributed by atoms with Crippen molar-refractivity contribution >= 4 is 39.1 Å². The van der Waals surface area contributed by atoms with Gasteiger partial charge in [0, 0.05) is 9.13 Å². The number of ketones is 1. The molecule has 0 unspecified atom stereocenters. The summed E-state index contributed by atoms with van der Waals surface area (Å²) in [7, 11) is 0. The standard InChI is InChI=1S/C18H13IO2/c19-16-8-5-14(6-9-16)18(20)12-21-17-10-7-13-3-1-2-4-15(13)11-17/h1-11H,12H2. The first kappa shape index (κ1) is 14.1. The highest BCUT2D eigenvalue weighted by Gasteiger charge is 2.07. The molecule has 0 heterocycles. The van der Waals surface area contributed by atoms with Crippen LogP contribution in [0.5, 0.6) is 5.75 Å². The van der Waals surface area contributed by atoms with Crippen LogP contribution >= 0.6 is 22.6 Å². The van der Waals surface area contributed by atoms with Gasteiger partial charge in [-0.2, -0.15) is 0 Å². The second-order valence-electron chi connectivity index (χ2n) is 4.73. The lowest BCUT2D eigenvalue weighted by molar-refractivity contribution is 0.0921. The first-order chi connectivity index (χ1) is 10.2. The highest BCUT2D eigenvalue weighted by molar-refractivity contribution is 14.1. The van der Waals surface area contributed by atoms with E-state index in [1.54, 1.807) is 0 Å². The summed E-state index contributed by atoms with van der Waals surface area (Å²) in [5, 5.41) is 2.27. The lowest BCUT2D eigenvalue weighted by atomic mass is 10.1. The molecule has 2 nitrogen and oxygen atoms in total. The van der Waals surface area contributed by atoms with E-state index >= 15 is 0 Å². The minimum Gasteiger partial charge on any atom is -0.485 e. The Kier molecular flexibility index (Phi) is 4.20. The zero-order valence-corrected chi connectivity index (χ0v) is 13.4. The number of hydrogen-bond donors (Lipinski definition) is 0. The number of ether oxygens (including phenoxy) is 1. The van der Waals surface area contributed by atoms with E-state index in [2.05, 4.69) is 28.7 Å². The molecule has 104 valence electrons. The zero-order valence-electron chi connectivity index (χ0n) is 11.3. The molecule has 0 saturated carbocycles. The molecule has 3 rings (SSSR count). The van der Waals surface area contributed by atoms with Crippen molar-refractivity contribution in [1.82, 2.24) is 0 Å². The van der Waals surface area contributed by atoms with E-state index in [1.165, 1.54) is 0 Å². The summed E-state index contributed by atoms with van der Waals surface area (Å²) in [6.07, 6.45) is 0. The topological polar surface area (TPSA) is 26.3 Å². The van der Waals surface area contributed by atoms with Gasteiger partial charge in [0.1, 0.15) is 5.75 Å². The Morgan fingerprint density at radius 2 is 1.62 bits per heavy atom. The molecule has 0 aliphatic rings. The predicted molar refractivity (Wildman–Crippen MR) is 92.9 cm³/mol.